The van der Waals surface area contributed by atoms with Crippen LogP contribution in [0, 0.1) is 0 Å². The van der Waals surface area contributed by atoms with E-state index in [1.165, 1.54) is 0 Å². The first kappa shape index (κ1) is 14.7. The fourth-order valence-electron chi connectivity index (χ4n) is 2.61. The first-order valence-corrected chi connectivity index (χ1v) is 7.39. The number of aromatic nitrogens is 1. The Labute approximate surface area is 129 Å². The molecule has 0 atom stereocenters. The van der Waals surface area contributed by atoms with Crippen LogP contribution in [0.3, 0.4) is 0 Å². The zero-order chi connectivity index (χ0) is 15.4. The van der Waals surface area contributed by atoms with Crippen molar-refractivity contribution in [1.29, 1.82) is 0 Å². The number of amides is 1. The number of nitrogens with two attached hydrogens (primary N) is 1. The van der Waals surface area contributed by atoms with Crippen molar-refractivity contribution >= 4 is 22.4 Å². The first-order chi connectivity index (χ1) is 10.7. The summed E-state index contributed by atoms with van der Waals surface area (Å²) in [6, 6.07) is 9.62. The lowest BCUT2D eigenvalue weighted by Gasteiger charge is -2.25. The van der Waals surface area contributed by atoms with Crippen molar-refractivity contribution in [2.45, 2.75) is 0 Å². The molecule has 0 spiro atoms. The van der Waals surface area contributed by atoms with Crippen molar-refractivity contribution in [3.63, 3.8) is 0 Å². The van der Waals surface area contributed by atoms with Gasteiger partial charge in [-0.3, -0.25) is 14.7 Å². The van der Waals surface area contributed by atoms with Gasteiger partial charge in [-0.2, -0.15) is 0 Å². The average molecular weight is 297 g/mol. The molecule has 3 rings (SSSR count). The Balaban J connectivity index is 1.86. The lowest BCUT2D eigenvalue weighted by molar-refractivity contribution is -0.112. The van der Waals surface area contributed by atoms with Crippen LogP contribution in [0.1, 0.15) is 5.56 Å². The third-order valence-corrected chi connectivity index (χ3v) is 3.84. The maximum Gasteiger partial charge on any atom is 0.249 e. The predicted octanol–water partition coefficient (Wildman–Crippen LogP) is 1.44. The minimum absolute atomic E-state index is 0.406. The van der Waals surface area contributed by atoms with E-state index in [9.17, 15) is 4.79 Å². The molecule has 5 nitrogen and oxygen atoms in total. The SMILES string of the molecule is NC(=O)C(=CCN1CCOCC1)c1ccc2ncccc2c1. The van der Waals surface area contributed by atoms with Gasteiger partial charge in [0.15, 0.2) is 0 Å². The Morgan fingerprint density at radius 1 is 1.32 bits per heavy atom. The molecule has 1 aliphatic rings. The minimum atomic E-state index is -0.406. The Morgan fingerprint density at radius 2 is 2.14 bits per heavy atom. The maximum absolute atomic E-state index is 11.8. The van der Waals surface area contributed by atoms with Crippen LogP contribution in [0.25, 0.3) is 16.5 Å². The van der Waals surface area contributed by atoms with Crippen molar-refractivity contribution in [2.24, 2.45) is 5.73 Å². The highest BCUT2D eigenvalue weighted by Crippen LogP contribution is 2.20. The molecule has 2 heterocycles. The molecule has 1 aliphatic heterocycles. The molecular formula is C17H19N3O2. The molecule has 0 unspecified atom stereocenters. The number of nitrogens with zero attached hydrogens (tertiary/aromatic N) is 2. The molecule has 22 heavy (non-hydrogen) atoms. The minimum Gasteiger partial charge on any atom is -0.379 e. The third kappa shape index (κ3) is 3.32. The van der Waals surface area contributed by atoms with E-state index in [0.717, 1.165) is 42.8 Å². The summed E-state index contributed by atoms with van der Waals surface area (Å²) in [5, 5.41) is 0.999. The fraction of sp³-hybridized carbons (Fsp3) is 0.294. The Bertz CT molecular complexity index is 706. The van der Waals surface area contributed by atoms with Crippen LogP contribution >= 0.6 is 0 Å². The number of rotatable bonds is 4. The zero-order valence-corrected chi connectivity index (χ0v) is 12.4. The predicted molar refractivity (Wildman–Crippen MR) is 86.2 cm³/mol. The first-order valence-electron chi connectivity index (χ1n) is 7.39. The number of benzene rings is 1. The summed E-state index contributed by atoms with van der Waals surface area (Å²) in [7, 11) is 0. The van der Waals surface area contributed by atoms with E-state index in [1.54, 1.807) is 6.20 Å². The van der Waals surface area contributed by atoms with Gasteiger partial charge in [0.05, 0.1) is 18.7 Å². The molecule has 1 amide bonds. The number of carbonyl (C=O) groups excluding carboxylic acids is 1. The van der Waals surface area contributed by atoms with Gasteiger partial charge in [0.1, 0.15) is 0 Å². The second-order valence-corrected chi connectivity index (χ2v) is 5.31. The summed E-state index contributed by atoms with van der Waals surface area (Å²) in [6.45, 7) is 3.93. The maximum atomic E-state index is 11.8. The number of fused-ring (bicyclic) bond motifs is 1. The average Bonchev–Trinajstić information content (AvgIpc) is 2.55. The van der Waals surface area contributed by atoms with Gasteiger partial charge < -0.3 is 10.5 Å². The van der Waals surface area contributed by atoms with Gasteiger partial charge in [-0.1, -0.05) is 18.2 Å². The van der Waals surface area contributed by atoms with E-state index >= 15 is 0 Å². The highest BCUT2D eigenvalue weighted by Gasteiger charge is 2.12. The van der Waals surface area contributed by atoms with Crippen molar-refractivity contribution < 1.29 is 9.53 Å². The standard InChI is InChI=1S/C17H19N3O2/c18-17(21)15(5-7-20-8-10-22-11-9-20)13-3-4-16-14(12-13)2-1-6-19-16/h1-6,12H,7-11H2,(H2,18,21). The number of morpholine rings is 1. The summed E-state index contributed by atoms with van der Waals surface area (Å²) >= 11 is 0. The quantitative estimate of drug-likeness (QED) is 0.867. The van der Waals surface area contributed by atoms with Gasteiger partial charge in [0, 0.05) is 36.8 Å². The van der Waals surface area contributed by atoms with Gasteiger partial charge >= 0.3 is 0 Å². The summed E-state index contributed by atoms with van der Waals surface area (Å²) in [4.78, 5) is 18.3. The molecule has 5 heteroatoms. The van der Waals surface area contributed by atoms with Gasteiger partial charge in [-0.15, -0.1) is 0 Å². The molecule has 0 radical (unpaired) electrons. The van der Waals surface area contributed by atoms with Gasteiger partial charge in [-0.05, 0) is 23.8 Å². The smallest absolute Gasteiger partial charge is 0.249 e. The van der Waals surface area contributed by atoms with Crippen LogP contribution in [0.15, 0.2) is 42.6 Å². The molecule has 1 fully saturated rings. The number of ether oxygens (including phenoxy) is 1. The molecule has 0 bridgehead atoms. The van der Waals surface area contributed by atoms with Crippen LogP contribution in [-0.2, 0) is 9.53 Å². The van der Waals surface area contributed by atoms with E-state index in [0.29, 0.717) is 12.1 Å². The molecule has 2 N–H and O–H groups in total. The van der Waals surface area contributed by atoms with E-state index in [1.807, 2.05) is 36.4 Å². The normalized spacial score (nSPS) is 16.8. The summed E-state index contributed by atoms with van der Waals surface area (Å²) in [5.74, 6) is -0.406. The van der Waals surface area contributed by atoms with Gasteiger partial charge in [0.2, 0.25) is 5.91 Å². The third-order valence-electron chi connectivity index (χ3n) is 3.84. The summed E-state index contributed by atoms with van der Waals surface area (Å²) in [5.41, 5.74) is 7.86. The molecule has 0 aliphatic carbocycles. The second-order valence-electron chi connectivity index (χ2n) is 5.31. The Kier molecular flexibility index (Phi) is 4.46. The highest BCUT2D eigenvalue weighted by atomic mass is 16.5. The topological polar surface area (TPSA) is 68.5 Å². The molecule has 114 valence electrons. The highest BCUT2D eigenvalue weighted by molar-refractivity contribution is 6.19. The summed E-state index contributed by atoms with van der Waals surface area (Å²) < 4.78 is 5.33. The molecule has 1 aromatic heterocycles. The van der Waals surface area contributed by atoms with E-state index in [2.05, 4.69) is 9.88 Å². The molecule has 1 aromatic carbocycles. The number of primary amides is 1. The Hall–Kier alpha value is -2.24. The van der Waals surface area contributed by atoms with E-state index in [4.69, 9.17) is 10.5 Å². The fourth-order valence-corrected chi connectivity index (χ4v) is 2.61. The molecule has 1 saturated heterocycles. The van der Waals surface area contributed by atoms with E-state index < -0.39 is 5.91 Å². The lowest BCUT2D eigenvalue weighted by Crippen LogP contribution is -2.36. The van der Waals surface area contributed by atoms with Crippen molar-refractivity contribution in [3.8, 4) is 0 Å². The van der Waals surface area contributed by atoms with Crippen LogP contribution in [0.5, 0.6) is 0 Å². The van der Waals surface area contributed by atoms with Crippen LogP contribution < -0.4 is 5.73 Å². The molecular weight excluding hydrogens is 278 g/mol. The van der Waals surface area contributed by atoms with Crippen LogP contribution in [0.2, 0.25) is 0 Å². The van der Waals surface area contributed by atoms with Gasteiger partial charge in [0.25, 0.3) is 0 Å². The van der Waals surface area contributed by atoms with Crippen molar-refractivity contribution in [1.82, 2.24) is 9.88 Å². The van der Waals surface area contributed by atoms with Crippen molar-refractivity contribution in [2.75, 3.05) is 32.8 Å². The van der Waals surface area contributed by atoms with Crippen LogP contribution in [-0.4, -0.2) is 48.6 Å². The summed E-state index contributed by atoms with van der Waals surface area (Å²) in [6.07, 6.45) is 3.66. The van der Waals surface area contributed by atoms with Crippen molar-refractivity contribution in [3.05, 3.63) is 48.2 Å². The van der Waals surface area contributed by atoms with Gasteiger partial charge in [-0.25, -0.2) is 0 Å². The largest absolute Gasteiger partial charge is 0.379 e. The number of carbonyl (C=O) groups is 1. The number of pyridine rings is 1. The Morgan fingerprint density at radius 3 is 2.91 bits per heavy atom. The lowest BCUT2D eigenvalue weighted by atomic mass is 10.0. The molecule has 0 saturated carbocycles. The zero-order valence-electron chi connectivity index (χ0n) is 12.4. The molecule has 2 aromatic rings. The number of hydrogen-bond acceptors (Lipinski definition) is 4. The second kappa shape index (κ2) is 6.68. The number of hydrogen-bond donors (Lipinski definition) is 1. The van der Waals surface area contributed by atoms with Crippen LogP contribution in [0.4, 0.5) is 0 Å². The monoisotopic (exact) mass is 297 g/mol. The van der Waals surface area contributed by atoms with E-state index in [-0.39, 0.29) is 0 Å².